The molecule has 0 unspecified atom stereocenters. The standard InChI is InChI=1S/2C6H12.HO3P/c2*1-6-4-2-3-5-6;1-4(2)3/h2*6H,2-5H2,1H3;(H-,1,2,3)/p+1. The van der Waals surface area contributed by atoms with Crippen LogP contribution >= 0.6 is 8.25 Å². The Hall–Kier alpha value is 0.0200. The second-order valence-electron chi connectivity index (χ2n) is 5.03. The third kappa shape index (κ3) is 12.1. The first-order chi connectivity index (χ1) is 7.52. The Kier molecular flexibility index (Phi) is 10.2. The van der Waals surface area contributed by atoms with Crippen LogP contribution in [0.15, 0.2) is 0 Å². The summed E-state index contributed by atoms with van der Waals surface area (Å²) in [7, 11) is -2.87. The van der Waals surface area contributed by atoms with Gasteiger partial charge in [0.25, 0.3) is 0 Å². The van der Waals surface area contributed by atoms with E-state index in [-0.39, 0.29) is 0 Å². The van der Waals surface area contributed by atoms with Crippen LogP contribution in [-0.2, 0) is 4.57 Å². The predicted molar refractivity (Wildman–Crippen MR) is 67.3 cm³/mol. The van der Waals surface area contributed by atoms with Gasteiger partial charge in [0.15, 0.2) is 0 Å². The van der Waals surface area contributed by atoms with Crippen molar-refractivity contribution in [3.8, 4) is 0 Å². The van der Waals surface area contributed by atoms with Gasteiger partial charge in [-0.05, 0) is 11.8 Å². The maximum absolute atomic E-state index is 8.70. The van der Waals surface area contributed by atoms with Gasteiger partial charge in [0, 0.05) is 4.57 Å². The molecule has 2 aliphatic rings. The van der Waals surface area contributed by atoms with Crippen molar-refractivity contribution in [3.63, 3.8) is 0 Å². The van der Waals surface area contributed by atoms with E-state index in [0.29, 0.717) is 0 Å². The number of rotatable bonds is 0. The zero-order chi connectivity index (χ0) is 12.4. The molecule has 0 aromatic carbocycles. The van der Waals surface area contributed by atoms with Crippen molar-refractivity contribution >= 4 is 8.25 Å². The third-order valence-corrected chi connectivity index (χ3v) is 3.29. The lowest BCUT2D eigenvalue weighted by molar-refractivity contribution is 0.405. The fourth-order valence-corrected chi connectivity index (χ4v) is 2.26. The van der Waals surface area contributed by atoms with E-state index in [2.05, 4.69) is 13.8 Å². The molecule has 0 aromatic rings. The van der Waals surface area contributed by atoms with Crippen molar-refractivity contribution < 1.29 is 14.4 Å². The molecule has 0 aliphatic heterocycles. The molecule has 0 atom stereocenters. The molecule has 0 radical (unpaired) electrons. The average molecular weight is 249 g/mol. The molecule has 4 heteroatoms. The summed E-state index contributed by atoms with van der Waals surface area (Å²) in [5, 5.41) is 0. The van der Waals surface area contributed by atoms with Gasteiger partial charge in [-0.15, -0.1) is 9.79 Å². The van der Waals surface area contributed by atoms with Crippen molar-refractivity contribution in [2.24, 2.45) is 11.8 Å². The van der Waals surface area contributed by atoms with Crippen LogP contribution in [-0.4, -0.2) is 9.79 Å². The Morgan fingerprint density at radius 3 is 1.06 bits per heavy atom. The van der Waals surface area contributed by atoms with Gasteiger partial charge in [-0.2, -0.15) is 0 Å². The van der Waals surface area contributed by atoms with Crippen LogP contribution in [0.1, 0.15) is 65.2 Å². The van der Waals surface area contributed by atoms with Gasteiger partial charge < -0.3 is 0 Å². The molecule has 2 fully saturated rings. The van der Waals surface area contributed by atoms with E-state index in [9.17, 15) is 0 Å². The summed E-state index contributed by atoms with van der Waals surface area (Å²) < 4.78 is 8.70. The van der Waals surface area contributed by atoms with Crippen molar-refractivity contribution in [2.75, 3.05) is 0 Å². The highest BCUT2D eigenvalue weighted by Crippen LogP contribution is 2.23. The van der Waals surface area contributed by atoms with Gasteiger partial charge in [-0.25, -0.2) is 0 Å². The molecule has 96 valence electrons. The van der Waals surface area contributed by atoms with Crippen LogP contribution in [0.25, 0.3) is 0 Å². The first kappa shape index (κ1) is 16.0. The van der Waals surface area contributed by atoms with Crippen molar-refractivity contribution in [1.82, 2.24) is 0 Å². The fraction of sp³-hybridized carbons (Fsp3) is 1.00. The summed E-state index contributed by atoms with van der Waals surface area (Å²) in [6, 6.07) is 0. The Labute approximate surface area is 100 Å². The smallest absolute Gasteiger partial charge is 0.134 e. The fourth-order valence-electron chi connectivity index (χ4n) is 2.26. The molecule has 0 heterocycles. The summed E-state index contributed by atoms with van der Waals surface area (Å²) in [5.41, 5.74) is 0. The van der Waals surface area contributed by atoms with Crippen LogP contribution in [0, 0.1) is 11.8 Å². The highest BCUT2D eigenvalue weighted by Gasteiger charge is 2.07. The highest BCUT2D eigenvalue weighted by molar-refractivity contribution is 7.30. The molecule has 0 spiro atoms. The summed E-state index contributed by atoms with van der Waals surface area (Å²) in [4.78, 5) is 14.2. The van der Waals surface area contributed by atoms with E-state index < -0.39 is 8.25 Å². The first-order valence-electron chi connectivity index (χ1n) is 6.37. The van der Waals surface area contributed by atoms with Crippen LogP contribution < -0.4 is 0 Å². The molecule has 2 rings (SSSR count). The van der Waals surface area contributed by atoms with E-state index >= 15 is 0 Å². The largest absolute Gasteiger partial charge is 0.692 e. The van der Waals surface area contributed by atoms with Gasteiger partial charge in [0.05, 0.1) is 0 Å². The van der Waals surface area contributed by atoms with E-state index in [4.69, 9.17) is 14.4 Å². The Balaban J connectivity index is 0.000000217. The number of hydrogen-bond donors (Lipinski definition) is 2. The molecule has 3 nitrogen and oxygen atoms in total. The molecular weight excluding hydrogens is 223 g/mol. The van der Waals surface area contributed by atoms with Gasteiger partial charge in [0.1, 0.15) is 0 Å². The lowest BCUT2D eigenvalue weighted by Crippen LogP contribution is -1.78. The summed E-state index contributed by atoms with van der Waals surface area (Å²) in [6.07, 6.45) is 11.9. The number of hydrogen-bond acceptors (Lipinski definition) is 1. The summed E-state index contributed by atoms with van der Waals surface area (Å²) in [6.45, 7) is 4.68. The Morgan fingerprint density at radius 2 is 1.00 bits per heavy atom. The monoisotopic (exact) mass is 249 g/mol. The van der Waals surface area contributed by atoms with E-state index in [1.165, 1.54) is 51.4 Å². The topological polar surface area (TPSA) is 57.5 Å². The zero-order valence-corrected chi connectivity index (χ0v) is 11.5. The van der Waals surface area contributed by atoms with Gasteiger partial charge in [-0.3, -0.25) is 0 Å². The highest BCUT2D eigenvalue weighted by atomic mass is 31.1. The Bertz CT molecular complexity index is 155. The Morgan fingerprint density at radius 1 is 0.812 bits per heavy atom. The predicted octanol–water partition coefficient (Wildman–Crippen LogP) is 4.02. The molecule has 2 N–H and O–H groups in total. The molecular formula is C12H26O3P+. The average Bonchev–Trinajstić information content (AvgIpc) is 2.78. The van der Waals surface area contributed by atoms with Gasteiger partial charge >= 0.3 is 8.25 Å². The molecule has 0 bridgehead atoms. The molecule has 0 amide bonds. The van der Waals surface area contributed by atoms with E-state index in [1.54, 1.807) is 0 Å². The minimum atomic E-state index is -2.87. The van der Waals surface area contributed by atoms with Gasteiger partial charge in [-0.1, -0.05) is 65.2 Å². The normalized spacial score (nSPS) is 20.8. The third-order valence-electron chi connectivity index (χ3n) is 3.29. The maximum Gasteiger partial charge on any atom is 0.692 e. The SMILES string of the molecule is CC1CCCC1.CC1CCCC1.O=[P+](O)O. The molecule has 2 aliphatic carbocycles. The van der Waals surface area contributed by atoms with Crippen LogP contribution in [0.5, 0.6) is 0 Å². The minimum Gasteiger partial charge on any atom is -0.134 e. The lowest BCUT2D eigenvalue weighted by Gasteiger charge is -1.91. The molecule has 0 aromatic heterocycles. The molecule has 0 saturated heterocycles. The van der Waals surface area contributed by atoms with Crippen LogP contribution in [0.2, 0.25) is 0 Å². The molecule has 16 heavy (non-hydrogen) atoms. The van der Waals surface area contributed by atoms with Crippen molar-refractivity contribution in [1.29, 1.82) is 0 Å². The second kappa shape index (κ2) is 10.2. The van der Waals surface area contributed by atoms with Crippen LogP contribution in [0.4, 0.5) is 0 Å². The summed E-state index contributed by atoms with van der Waals surface area (Å²) in [5.74, 6) is 2.09. The van der Waals surface area contributed by atoms with Crippen molar-refractivity contribution in [3.05, 3.63) is 0 Å². The summed E-state index contributed by atoms with van der Waals surface area (Å²) >= 11 is 0. The lowest BCUT2D eigenvalue weighted by atomic mass is 10.2. The maximum atomic E-state index is 8.70. The zero-order valence-electron chi connectivity index (χ0n) is 10.6. The van der Waals surface area contributed by atoms with E-state index in [0.717, 1.165) is 11.8 Å². The minimum absolute atomic E-state index is 1.05. The van der Waals surface area contributed by atoms with E-state index in [1.807, 2.05) is 0 Å². The van der Waals surface area contributed by atoms with Crippen molar-refractivity contribution in [2.45, 2.75) is 65.2 Å². The molecule has 2 saturated carbocycles. The quantitative estimate of drug-likeness (QED) is 0.637. The van der Waals surface area contributed by atoms with Gasteiger partial charge in [0.2, 0.25) is 0 Å². The second-order valence-corrected chi connectivity index (χ2v) is 5.54. The first-order valence-corrected chi connectivity index (χ1v) is 7.54. The van der Waals surface area contributed by atoms with Crippen LogP contribution in [0.3, 0.4) is 0 Å².